The smallest absolute Gasteiger partial charge is 0.0665 e. The maximum absolute atomic E-state index is 5.48. The number of hydrogen-bond acceptors (Lipinski definition) is 2. The van der Waals surface area contributed by atoms with Crippen molar-refractivity contribution in [2.45, 2.75) is 13.8 Å². The van der Waals surface area contributed by atoms with Gasteiger partial charge in [-0.25, -0.2) is 0 Å². The van der Waals surface area contributed by atoms with Crippen LogP contribution >= 0.6 is 0 Å². The second-order valence-corrected chi connectivity index (χ2v) is 3.04. The third kappa shape index (κ3) is 1.95. The van der Waals surface area contributed by atoms with Gasteiger partial charge in [-0.2, -0.15) is 5.10 Å². The van der Waals surface area contributed by atoms with Crippen molar-refractivity contribution in [1.29, 1.82) is 0 Å². The summed E-state index contributed by atoms with van der Waals surface area (Å²) in [5.74, 6) is 0. The zero-order valence-electron chi connectivity index (χ0n) is 7.83. The lowest BCUT2D eigenvalue weighted by Crippen LogP contribution is -1.99. The van der Waals surface area contributed by atoms with Crippen LogP contribution in [0.25, 0.3) is 6.08 Å². The third-order valence-corrected chi connectivity index (χ3v) is 1.78. The van der Waals surface area contributed by atoms with E-state index in [-0.39, 0.29) is 0 Å². The molecule has 2 N–H and O–H groups in total. The highest BCUT2D eigenvalue weighted by Crippen LogP contribution is 2.09. The van der Waals surface area contributed by atoms with Crippen LogP contribution in [0.1, 0.15) is 18.2 Å². The predicted octanol–water partition coefficient (Wildman–Crippen LogP) is 1.09. The van der Waals surface area contributed by atoms with E-state index in [1.165, 1.54) is 5.57 Å². The summed E-state index contributed by atoms with van der Waals surface area (Å²) in [6.07, 6.45) is 4.07. The van der Waals surface area contributed by atoms with Crippen LogP contribution in [0.5, 0.6) is 0 Å². The van der Waals surface area contributed by atoms with Crippen LogP contribution < -0.4 is 5.73 Å². The van der Waals surface area contributed by atoms with E-state index in [0.717, 1.165) is 11.3 Å². The van der Waals surface area contributed by atoms with Crippen LogP contribution in [0.2, 0.25) is 0 Å². The van der Waals surface area contributed by atoms with Crippen LogP contribution in [-0.4, -0.2) is 16.3 Å². The van der Waals surface area contributed by atoms with Crippen molar-refractivity contribution in [3.05, 3.63) is 23.0 Å². The second-order valence-electron chi connectivity index (χ2n) is 3.04. The first kappa shape index (κ1) is 9.00. The SMILES string of the molecule is CC(=Cc1cn(C)nc1C)CN. The second kappa shape index (κ2) is 3.54. The van der Waals surface area contributed by atoms with E-state index in [1.54, 1.807) is 0 Å². The van der Waals surface area contributed by atoms with Crippen molar-refractivity contribution >= 4 is 6.08 Å². The van der Waals surface area contributed by atoms with Gasteiger partial charge < -0.3 is 5.73 Å². The van der Waals surface area contributed by atoms with E-state index in [9.17, 15) is 0 Å². The van der Waals surface area contributed by atoms with E-state index in [4.69, 9.17) is 5.73 Å². The molecule has 0 saturated heterocycles. The molecule has 0 bridgehead atoms. The Morgan fingerprint density at radius 1 is 1.75 bits per heavy atom. The Balaban J connectivity index is 2.95. The number of nitrogens with two attached hydrogens (primary N) is 1. The van der Waals surface area contributed by atoms with Gasteiger partial charge in [0.05, 0.1) is 5.69 Å². The van der Waals surface area contributed by atoms with Gasteiger partial charge in [0.1, 0.15) is 0 Å². The molecule has 3 nitrogen and oxygen atoms in total. The number of aryl methyl sites for hydroxylation is 2. The molecule has 66 valence electrons. The van der Waals surface area contributed by atoms with Crippen molar-refractivity contribution in [1.82, 2.24) is 9.78 Å². The molecule has 0 spiro atoms. The number of aromatic nitrogens is 2. The Bertz CT molecular complexity index is 297. The molecule has 0 radical (unpaired) electrons. The van der Waals surface area contributed by atoms with Crippen LogP contribution in [0.4, 0.5) is 0 Å². The van der Waals surface area contributed by atoms with E-state index < -0.39 is 0 Å². The fourth-order valence-electron chi connectivity index (χ4n) is 1.08. The minimum Gasteiger partial charge on any atom is -0.327 e. The lowest BCUT2D eigenvalue weighted by Gasteiger charge is -1.93. The standard InChI is InChI=1S/C9H15N3/c1-7(5-10)4-9-6-12(3)11-8(9)2/h4,6H,5,10H2,1-3H3. The fourth-order valence-corrected chi connectivity index (χ4v) is 1.08. The summed E-state index contributed by atoms with van der Waals surface area (Å²) in [5, 5.41) is 4.23. The van der Waals surface area contributed by atoms with Crippen LogP contribution in [-0.2, 0) is 7.05 Å². The molecule has 0 atom stereocenters. The predicted molar refractivity (Wildman–Crippen MR) is 50.7 cm³/mol. The van der Waals surface area contributed by atoms with Gasteiger partial charge in [0, 0.05) is 25.4 Å². The molecule has 0 amide bonds. The zero-order valence-corrected chi connectivity index (χ0v) is 7.83. The summed E-state index contributed by atoms with van der Waals surface area (Å²) < 4.78 is 1.81. The van der Waals surface area contributed by atoms with Crippen LogP contribution in [0.15, 0.2) is 11.8 Å². The molecule has 0 aliphatic rings. The minimum atomic E-state index is 0.605. The van der Waals surface area contributed by atoms with Gasteiger partial charge in [0.25, 0.3) is 0 Å². The molecule has 0 aromatic carbocycles. The van der Waals surface area contributed by atoms with Gasteiger partial charge in [-0.15, -0.1) is 0 Å². The largest absolute Gasteiger partial charge is 0.327 e. The molecule has 0 aliphatic carbocycles. The Morgan fingerprint density at radius 3 is 2.83 bits per heavy atom. The maximum atomic E-state index is 5.48. The first-order chi connectivity index (χ1) is 5.63. The van der Waals surface area contributed by atoms with E-state index in [1.807, 2.05) is 31.8 Å². The van der Waals surface area contributed by atoms with Gasteiger partial charge in [0.15, 0.2) is 0 Å². The molecule has 0 aliphatic heterocycles. The van der Waals surface area contributed by atoms with Gasteiger partial charge >= 0.3 is 0 Å². The molecular weight excluding hydrogens is 150 g/mol. The fraction of sp³-hybridized carbons (Fsp3) is 0.444. The summed E-state index contributed by atoms with van der Waals surface area (Å²) in [6.45, 7) is 4.62. The summed E-state index contributed by atoms with van der Waals surface area (Å²) in [7, 11) is 1.92. The zero-order chi connectivity index (χ0) is 9.14. The molecule has 0 fully saturated rings. The van der Waals surface area contributed by atoms with Gasteiger partial charge in [0.2, 0.25) is 0 Å². The molecule has 12 heavy (non-hydrogen) atoms. The average molecular weight is 165 g/mol. The van der Waals surface area contributed by atoms with Gasteiger partial charge in [-0.1, -0.05) is 11.6 Å². The van der Waals surface area contributed by atoms with Crippen molar-refractivity contribution < 1.29 is 0 Å². The molecule has 0 unspecified atom stereocenters. The summed E-state index contributed by atoms with van der Waals surface area (Å²) >= 11 is 0. The number of rotatable bonds is 2. The molecular formula is C9H15N3. The Hall–Kier alpha value is -1.09. The van der Waals surface area contributed by atoms with E-state index in [2.05, 4.69) is 11.2 Å². The van der Waals surface area contributed by atoms with E-state index in [0.29, 0.717) is 6.54 Å². The third-order valence-electron chi connectivity index (χ3n) is 1.78. The van der Waals surface area contributed by atoms with Crippen molar-refractivity contribution in [2.24, 2.45) is 12.8 Å². The van der Waals surface area contributed by atoms with Gasteiger partial charge in [-0.05, 0) is 13.8 Å². The quantitative estimate of drug-likeness (QED) is 0.713. The summed E-state index contributed by atoms with van der Waals surface area (Å²) in [5.41, 5.74) is 8.85. The molecule has 0 saturated carbocycles. The van der Waals surface area contributed by atoms with Crippen molar-refractivity contribution in [3.63, 3.8) is 0 Å². The van der Waals surface area contributed by atoms with Gasteiger partial charge in [-0.3, -0.25) is 4.68 Å². The lowest BCUT2D eigenvalue weighted by atomic mass is 10.2. The number of hydrogen-bond donors (Lipinski definition) is 1. The highest BCUT2D eigenvalue weighted by Gasteiger charge is 1.98. The first-order valence-electron chi connectivity index (χ1n) is 4.01. The number of nitrogens with zero attached hydrogens (tertiary/aromatic N) is 2. The topological polar surface area (TPSA) is 43.8 Å². The summed E-state index contributed by atoms with van der Waals surface area (Å²) in [4.78, 5) is 0. The Morgan fingerprint density at radius 2 is 2.42 bits per heavy atom. The molecule has 1 aromatic heterocycles. The highest BCUT2D eigenvalue weighted by molar-refractivity contribution is 5.53. The van der Waals surface area contributed by atoms with E-state index >= 15 is 0 Å². The maximum Gasteiger partial charge on any atom is 0.0665 e. The minimum absolute atomic E-state index is 0.605. The van der Waals surface area contributed by atoms with Crippen molar-refractivity contribution in [3.8, 4) is 0 Å². The average Bonchev–Trinajstić information content (AvgIpc) is 2.30. The van der Waals surface area contributed by atoms with Crippen LogP contribution in [0.3, 0.4) is 0 Å². The molecule has 1 aromatic rings. The lowest BCUT2D eigenvalue weighted by molar-refractivity contribution is 0.756. The molecule has 1 heterocycles. The first-order valence-corrected chi connectivity index (χ1v) is 4.01. The molecule has 1 rings (SSSR count). The van der Waals surface area contributed by atoms with Crippen LogP contribution in [0, 0.1) is 6.92 Å². The molecule has 3 heteroatoms. The highest BCUT2D eigenvalue weighted by atomic mass is 15.2. The van der Waals surface area contributed by atoms with Crippen molar-refractivity contribution in [2.75, 3.05) is 6.54 Å². The summed E-state index contributed by atoms with van der Waals surface area (Å²) in [6, 6.07) is 0. The Kier molecular flexibility index (Phi) is 2.65. The Labute approximate surface area is 72.9 Å². The normalized spacial score (nSPS) is 12.2. The monoisotopic (exact) mass is 165 g/mol.